The number of carbonyl (C=O) groups is 1. The molecule has 2 aromatic carbocycles. The molecule has 2 aromatic heterocycles. The number of amides is 1. The average molecular weight is 430 g/mol. The van der Waals surface area contributed by atoms with E-state index in [1.165, 1.54) is 0 Å². The molecule has 31 heavy (non-hydrogen) atoms. The number of thiazole rings is 1. The van der Waals surface area contributed by atoms with Crippen LogP contribution in [-0.4, -0.2) is 27.0 Å². The monoisotopic (exact) mass is 430 g/mol. The molecule has 0 radical (unpaired) electrons. The van der Waals surface area contributed by atoms with E-state index in [2.05, 4.69) is 10.1 Å². The summed E-state index contributed by atoms with van der Waals surface area (Å²) in [5, 5.41) is 4.30. The fourth-order valence-corrected chi connectivity index (χ4v) is 4.83. The van der Waals surface area contributed by atoms with E-state index in [9.17, 15) is 14.4 Å². The molecule has 7 nitrogen and oxygen atoms in total. The van der Waals surface area contributed by atoms with Gasteiger partial charge in [0.25, 0.3) is 17.0 Å². The molecule has 1 amide bonds. The van der Waals surface area contributed by atoms with Gasteiger partial charge in [-0.25, -0.2) is 0 Å². The summed E-state index contributed by atoms with van der Waals surface area (Å²) in [6, 6.07) is 16.9. The van der Waals surface area contributed by atoms with Gasteiger partial charge in [0.15, 0.2) is 0 Å². The van der Waals surface area contributed by atoms with Crippen LogP contribution in [0.5, 0.6) is 0 Å². The molecular weight excluding hydrogens is 412 g/mol. The maximum absolute atomic E-state index is 13.2. The van der Waals surface area contributed by atoms with Crippen molar-refractivity contribution >= 4 is 33.5 Å². The minimum Gasteiger partial charge on any atom is -0.308 e. The summed E-state index contributed by atoms with van der Waals surface area (Å²) in [5.74, 6) is -0.209. The highest BCUT2D eigenvalue weighted by Gasteiger charge is 2.33. The van der Waals surface area contributed by atoms with Gasteiger partial charge >= 0.3 is 0 Å². The number of carbonyl (C=O) groups excluding carboxylic acids is 1. The Hall–Kier alpha value is -3.65. The Morgan fingerprint density at radius 2 is 1.71 bits per heavy atom. The summed E-state index contributed by atoms with van der Waals surface area (Å²) in [4.78, 5) is 44.9. The highest BCUT2D eigenvalue weighted by Crippen LogP contribution is 2.35. The largest absolute Gasteiger partial charge is 0.308 e. The van der Waals surface area contributed by atoms with E-state index < -0.39 is 11.1 Å². The Bertz CT molecular complexity index is 1490. The molecule has 0 unspecified atom stereocenters. The van der Waals surface area contributed by atoms with Gasteiger partial charge in [0.2, 0.25) is 4.96 Å². The van der Waals surface area contributed by atoms with Crippen molar-refractivity contribution in [1.82, 2.24) is 14.6 Å². The predicted molar refractivity (Wildman–Crippen MR) is 119 cm³/mol. The Labute approximate surface area is 180 Å². The smallest absolute Gasteiger partial charge is 0.296 e. The molecule has 1 aliphatic rings. The van der Waals surface area contributed by atoms with E-state index in [1.807, 2.05) is 61.5 Å². The first-order chi connectivity index (χ1) is 15.1. The number of hydrogen-bond donors (Lipinski definition) is 0. The predicted octanol–water partition coefficient (Wildman–Crippen LogP) is 1.78. The van der Waals surface area contributed by atoms with Crippen LogP contribution in [0.2, 0.25) is 0 Å². The number of nitrogens with zero attached hydrogens (tertiary/aromatic N) is 4. The van der Waals surface area contributed by atoms with E-state index in [-0.39, 0.29) is 27.5 Å². The van der Waals surface area contributed by atoms with Crippen molar-refractivity contribution in [2.75, 3.05) is 11.4 Å². The van der Waals surface area contributed by atoms with Crippen LogP contribution in [0, 0.1) is 0 Å². The summed E-state index contributed by atoms with van der Waals surface area (Å²) in [5.41, 5.74) is 2.06. The minimum absolute atomic E-state index is 0.188. The van der Waals surface area contributed by atoms with Crippen molar-refractivity contribution in [1.29, 1.82) is 0 Å². The van der Waals surface area contributed by atoms with Gasteiger partial charge in [-0.05, 0) is 18.1 Å². The molecule has 5 rings (SSSR count). The number of benzene rings is 2. The van der Waals surface area contributed by atoms with Gasteiger partial charge in [-0.1, -0.05) is 66.8 Å². The van der Waals surface area contributed by atoms with E-state index in [4.69, 9.17) is 0 Å². The number of aromatic nitrogens is 3. The van der Waals surface area contributed by atoms with Crippen molar-refractivity contribution in [3.63, 3.8) is 0 Å². The van der Waals surface area contributed by atoms with Gasteiger partial charge in [-0.2, -0.15) is 14.6 Å². The van der Waals surface area contributed by atoms with Crippen LogP contribution >= 0.6 is 11.3 Å². The SMILES string of the molecule is CCCN1C(=O)C(=c2sc3nc(=O)c(Cc4ccccc4)nn3c2=O)c2ccccc21. The van der Waals surface area contributed by atoms with Gasteiger partial charge < -0.3 is 4.90 Å². The fraction of sp³-hybridized carbons (Fsp3) is 0.174. The van der Waals surface area contributed by atoms with Gasteiger partial charge in [-0.3, -0.25) is 14.4 Å². The summed E-state index contributed by atoms with van der Waals surface area (Å²) in [6.07, 6.45) is 1.08. The van der Waals surface area contributed by atoms with Crippen molar-refractivity contribution in [2.24, 2.45) is 0 Å². The Kier molecular flexibility index (Phi) is 4.71. The van der Waals surface area contributed by atoms with Crippen molar-refractivity contribution in [3.8, 4) is 0 Å². The molecule has 0 saturated heterocycles. The van der Waals surface area contributed by atoms with Crippen LogP contribution in [0.15, 0.2) is 64.2 Å². The Morgan fingerprint density at radius 3 is 2.48 bits per heavy atom. The lowest BCUT2D eigenvalue weighted by molar-refractivity contribution is -0.113. The second kappa shape index (κ2) is 7.55. The van der Waals surface area contributed by atoms with E-state index in [0.717, 1.165) is 39.1 Å². The van der Waals surface area contributed by atoms with Gasteiger partial charge in [-0.15, -0.1) is 0 Å². The van der Waals surface area contributed by atoms with Crippen molar-refractivity contribution < 1.29 is 4.79 Å². The van der Waals surface area contributed by atoms with Crippen LogP contribution < -0.4 is 20.6 Å². The molecule has 4 aromatic rings. The molecule has 0 spiro atoms. The van der Waals surface area contributed by atoms with Crippen LogP contribution in [0.3, 0.4) is 0 Å². The lowest BCUT2D eigenvalue weighted by Crippen LogP contribution is -2.33. The summed E-state index contributed by atoms with van der Waals surface area (Å²) >= 11 is 1.03. The lowest BCUT2D eigenvalue weighted by atomic mass is 10.1. The Morgan fingerprint density at radius 1 is 0.968 bits per heavy atom. The van der Waals surface area contributed by atoms with Crippen LogP contribution in [0.25, 0.3) is 10.5 Å². The lowest BCUT2D eigenvalue weighted by Gasteiger charge is -2.15. The zero-order valence-electron chi connectivity index (χ0n) is 16.7. The third-order valence-electron chi connectivity index (χ3n) is 5.24. The number of anilines is 1. The molecule has 8 heteroatoms. The third-order valence-corrected chi connectivity index (χ3v) is 6.27. The normalized spacial score (nSPS) is 15.0. The van der Waals surface area contributed by atoms with E-state index in [0.29, 0.717) is 12.1 Å². The van der Waals surface area contributed by atoms with Crippen LogP contribution in [0.4, 0.5) is 5.69 Å². The maximum atomic E-state index is 13.2. The number of fused-ring (bicyclic) bond motifs is 2. The first-order valence-electron chi connectivity index (χ1n) is 10.0. The first-order valence-corrected chi connectivity index (χ1v) is 10.8. The van der Waals surface area contributed by atoms with Gasteiger partial charge in [0, 0.05) is 18.5 Å². The first kappa shape index (κ1) is 19.3. The second-order valence-corrected chi connectivity index (χ2v) is 8.28. The molecule has 0 saturated carbocycles. The average Bonchev–Trinajstić information content (AvgIpc) is 3.23. The quantitative estimate of drug-likeness (QED) is 0.493. The molecule has 154 valence electrons. The zero-order valence-corrected chi connectivity index (χ0v) is 17.6. The molecule has 0 aliphatic carbocycles. The fourth-order valence-electron chi connectivity index (χ4n) is 3.84. The summed E-state index contributed by atoms with van der Waals surface area (Å²) in [6.45, 7) is 2.56. The number of para-hydroxylation sites is 1. The third kappa shape index (κ3) is 3.16. The van der Waals surface area contributed by atoms with Crippen molar-refractivity contribution in [3.05, 3.63) is 96.7 Å². The molecule has 3 heterocycles. The summed E-state index contributed by atoms with van der Waals surface area (Å²) < 4.78 is 1.40. The molecular formula is C23H18N4O3S. The highest BCUT2D eigenvalue weighted by molar-refractivity contribution is 7.15. The highest BCUT2D eigenvalue weighted by atomic mass is 32.1. The van der Waals surface area contributed by atoms with Crippen molar-refractivity contribution in [2.45, 2.75) is 19.8 Å². The van der Waals surface area contributed by atoms with E-state index in [1.54, 1.807) is 4.90 Å². The molecule has 0 atom stereocenters. The molecule has 0 N–H and O–H groups in total. The Balaban J connectivity index is 1.72. The molecule has 1 aliphatic heterocycles. The molecule has 0 fully saturated rings. The summed E-state index contributed by atoms with van der Waals surface area (Å²) in [7, 11) is 0. The number of rotatable bonds is 4. The second-order valence-electron chi connectivity index (χ2n) is 7.31. The number of hydrogen-bond acceptors (Lipinski definition) is 6. The minimum atomic E-state index is -0.465. The standard InChI is InChI=1S/C23H18N4O3S/c1-2-12-26-17-11-7-6-10-15(17)18(21(26)29)19-22(30)27-23(31-19)24-20(28)16(25-27)13-14-8-4-3-5-9-14/h3-11H,2,12-13H2,1H3. The topological polar surface area (TPSA) is 84.6 Å². The van der Waals surface area contributed by atoms with Gasteiger partial charge in [0.05, 0.1) is 11.3 Å². The van der Waals surface area contributed by atoms with Crippen LogP contribution in [0.1, 0.15) is 30.2 Å². The van der Waals surface area contributed by atoms with Gasteiger partial charge in [0.1, 0.15) is 10.2 Å². The molecule has 0 bridgehead atoms. The zero-order chi connectivity index (χ0) is 21.5. The van der Waals surface area contributed by atoms with Crippen LogP contribution in [-0.2, 0) is 11.2 Å². The maximum Gasteiger partial charge on any atom is 0.296 e. The van der Waals surface area contributed by atoms with E-state index >= 15 is 0 Å².